The SMILES string of the molecule is CC(C)OS(C)(=O)=O.CC(C)OS(C)(=O)=O.Cc1ccc(S(=O)(=O)OC(C)C)cc1. The van der Waals surface area contributed by atoms with E-state index in [9.17, 15) is 25.3 Å². The summed E-state index contributed by atoms with van der Waals surface area (Å²) >= 11 is 0. The third-order valence-corrected chi connectivity index (χ3v) is 5.32. The molecule has 0 heterocycles. The highest BCUT2D eigenvalue weighted by Crippen LogP contribution is 2.14. The van der Waals surface area contributed by atoms with Gasteiger partial charge in [-0.3, -0.25) is 12.5 Å². The summed E-state index contributed by atoms with van der Waals surface area (Å²) in [6.07, 6.45) is 1.25. The van der Waals surface area contributed by atoms with Gasteiger partial charge in [0.15, 0.2) is 0 Å². The van der Waals surface area contributed by atoms with Crippen molar-refractivity contribution in [3.05, 3.63) is 29.8 Å². The number of aryl methyl sites for hydroxylation is 1. The van der Waals surface area contributed by atoms with E-state index < -0.39 is 30.4 Å². The molecule has 12 heteroatoms. The maximum atomic E-state index is 11.5. The van der Waals surface area contributed by atoms with Gasteiger partial charge in [0.05, 0.1) is 35.7 Å². The molecular weight excluding hydrogens is 456 g/mol. The molecule has 178 valence electrons. The number of benzene rings is 1. The highest BCUT2D eigenvalue weighted by atomic mass is 32.2. The summed E-state index contributed by atoms with van der Waals surface area (Å²) in [5, 5.41) is 0. The molecule has 0 fully saturated rings. The highest BCUT2D eigenvalue weighted by molar-refractivity contribution is 7.87. The van der Waals surface area contributed by atoms with Crippen molar-refractivity contribution in [3.8, 4) is 0 Å². The topological polar surface area (TPSA) is 130 Å². The van der Waals surface area contributed by atoms with Gasteiger partial charge in [-0.05, 0) is 60.6 Å². The summed E-state index contributed by atoms with van der Waals surface area (Å²) in [6, 6.07) is 6.59. The van der Waals surface area contributed by atoms with E-state index in [1.165, 1.54) is 0 Å². The minimum absolute atomic E-state index is 0.205. The molecule has 0 N–H and O–H groups in total. The Balaban J connectivity index is 0. The number of hydrogen-bond donors (Lipinski definition) is 0. The lowest BCUT2D eigenvalue weighted by atomic mass is 10.2. The van der Waals surface area contributed by atoms with Gasteiger partial charge in [-0.2, -0.15) is 25.3 Å². The lowest BCUT2D eigenvalue weighted by Crippen LogP contribution is -2.12. The zero-order valence-electron chi connectivity index (χ0n) is 18.9. The molecule has 0 aromatic heterocycles. The standard InChI is InChI=1S/C10H14O3S.2C4H10O3S/c1-8(2)13-14(11,12)10-6-4-9(3)5-7-10;2*1-4(2)7-8(3,5)6/h4-8H,1-3H3;2*4H,1-3H3. The van der Waals surface area contributed by atoms with Crippen LogP contribution in [0.15, 0.2) is 29.2 Å². The molecule has 0 saturated heterocycles. The van der Waals surface area contributed by atoms with E-state index in [1.807, 2.05) is 6.92 Å². The second-order valence-electron chi connectivity index (χ2n) is 7.11. The lowest BCUT2D eigenvalue weighted by Gasteiger charge is -2.08. The van der Waals surface area contributed by atoms with Gasteiger partial charge in [-0.25, -0.2) is 0 Å². The quantitative estimate of drug-likeness (QED) is 0.529. The zero-order chi connectivity index (χ0) is 24.3. The van der Waals surface area contributed by atoms with Crippen LogP contribution in [0.25, 0.3) is 0 Å². The van der Waals surface area contributed by atoms with E-state index in [0.717, 1.165) is 18.1 Å². The van der Waals surface area contributed by atoms with E-state index in [-0.39, 0.29) is 23.2 Å². The van der Waals surface area contributed by atoms with Crippen LogP contribution in [0.4, 0.5) is 0 Å². The fourth-order valence-corrected chi connectivity index (χ4v) is 4.20. The molecule has 9 nitrogen and oxygen atoms in total. The molecule has 30 heavy (non-hydrogen) atoms. The molecule has 0 radical (unpaired) electrons. The van der Waals surface area contributed by atoms with Crippen molar-refractivity contribution in [2.24, 2.45) is 0 Å². The molecule has 0 amide bonds. The Kier molecular flexibility index (Phi) is 13.9. The van der Waals surface area contributed by atoms with Crippen LogP contribution in [0.3, 0.4) is 0 Å². The largest absolute Gasteiger partial charge is 0.297 e. The minimum Gasteiger partial charge on any atom is -0.268 e. The van der Waals surface area contributed by atoms with Crippen molar-refractivity contribution >= 4 is 30.4 Å². The van der Waals surface area contributed by atoms with Crippen LogP contribution >= 0.6 is 0 Å². The third kappa shape index (κ3) is 20.2. The Morgan fingerprint density at radius 3 is 1.10 bits per heavy atom. The van der Waals surface area contributed by atoms with Gasteiger partial charge in [0, 0.05) is 0 Å². The van der Waals surface area contributed by atoms with E-state index >= 15 is 0 Å². The van der Waals surface area contributed by atoms with Crippen LogP contribution in [-0.2, 0) is 42.9 Å². The molecule has 1 aromatic carbocycles. The van der Waals surface area contributed by atoms with E-state index in [0.29, 0.717) is 0 Å². The van der Waals surface area contributed by atoms with Crippen LogP contribution in [0, 0.1) is 6.92 Å². The summed E-state index contributed by atoms with van der Waals surface area (Å²) in [5.74, 6) is 0. The van der Waals surface area contributed by atoms with Gasteiger partial charge in [0.2, 0.25) is 0 Å². The zero-order valence-corrected chi connectivity index (χ0v) is 21.4. The first-order valence-corrected chi connectivity index (χ1v) is 14.1. The molecule has 0 unspecified atom stereocenters. The third-order valence-electron chi connectivity index (χ3n) is 2.36. The summed E-state index contributed by atoms with van der Waals surface area (Å²) in [6.45, 7) is 11.9. The Labute approximate surface area is 182 Å². The average Bonchev–Trinajstić information content (AvgIpc) is 2.41. The molecule has 0 bridgehead atoms. The van der Waals surface area contributed by atoms with E-state index in [2.05, 4.69) is 8.37 Å². The maximum absolute atomic E-state index is 11.5. The molecule has 0 atom stereocenters. The van der Waals surface area contributed by atoms with Gasteiger partial charge in [0.25, 0.3) is 30.4 Å². The van der Waals surface area contributed by atoms with Crippen molar-refractivity contribution in [2.45, 2.75) is 71.7 Å². The van der Waals surface area contributed by atoms with E-state index in [1.54, 1.807) is 65.8 Å². The average molecular weight is 491 g/mol. The number of rotatable bonds is 7. The summed E-state index contributed by atoms with van der Waals surface area (Å²) < 4.78 is 77.6. The van der Waals surface area contributed by atoms with Crippen molar-refractivity contribution in [1.29, 1.82) is 0 Å². The van der Waals surface area contributed by atoms with Crippen molar-refractivity contribution in [2.75, 3.05) is 12.5 Å². The smallest absolute Gasteiger partial charge is 0.268 e. The van der Waals surface area contributed by atoms with Gasteiger partial charge in [-0.1, -0.05) is 17.7 Å². The van der Waals surface area contributed by atoms with Crippen molar-refractivity contribution in [1.82, 2.24) is 0 Å². The van der Waals surface area contributed by atoms with Gasteiger partial charge >= 0.3 is 0 Å². The lowest BCUT2D eigenvalue weighted by molar-refractivity contribution is 0.248. The first kappa shape index (κ1) is 31.1. The predicted molar refractivity (Wildman–Crippen MR) is 117 cm³/mol. The summed E-state index contributed by atoms with van der Waals surface area (Å²) in [5.41, 5.74) is 1.02. The van der Waals surface area contributed by atoms with Crippen LogP contribution < -0.4 is 0 Å². The molecule has 1 rings (SSSR count). The van der Waals surface area contributed by atoms with Gasteiger partial charge in [-0.15, -0.1) is 0 Å². The van der Waals surface area contributed by atoms with Crippen LogP contribution in [0.1, 0.15) is 47.1 Å². The highest BCUT2D eigenvalue weighted by Gasteiger charge is 2.16. The van der Waals surface area contributed by atoms with Gasteiger partial charge < -0.3 is 0 Å². The molecule has 0 aliphatic heterocycles. The minimum atomic E-state index is -3.58. The number of hydrogen-bond acceptors (Lipinski definition) is 9. The van der Waals surface area contributed by atoms with Crippen LogP contribution in [-0.4, -0.2) is 56.1 Å². The van der Waals surface area contributed by atoms with Crippen molar-refractivity contribution in [3.63, 3.8) is 0 Å². The predicted octanol–water partition coefficient (Wildman–Crippen LogP) is 2.85. The second-order valence-corrected chi connectivity index (χ2v) is 11.9. The van der Waals surface area contributed by atoms with Crippen molar-refractivity contribution < 1.29 is 37.8 Å². The molecule has 0 aliphatic rings. The first-order valence-electron chi connectivity index (χ1n) is 9.01. The molecule has 1 aromatic rings. The van der Waals surface area contributed by atoms with Crippen LogP contribution in [0.5, 0.6) is 0 Å². The first-order chi connectivity index (χ1) is 13.2. The molecule has 0 aliphatic carbocycles. The Morgan fingerprint density at radius 2 is 0.900 bits per heavy atom. The maximum Gasteiger partial charge on any atom is 0.297 e. The van der Waals surface area contributed by atoms with Gasteiger partial charge in [0.1, 0.15) is 0 Å². The fourth-order valence-electron chi connectivity index (χ4n) is 1.71. The molecule has 0 spiro atoms. The molecule has 0 saturated carbocycles. The monoisotopic (exact) mass is 490 g/mol. The van der Waals surface area contributed by atoms with E-state index in [4.69, 9.17) is 4.18 Å². The second kappa shape index (κ2) is 13.4. The fraction of sp³-hybridized carbons (Fsp3) is 0.667. The normalized spacial score (nSPS) is 12.3. The summed E-state index contributed by atoms with van der Waals surface area (Å²) in [7, 11) is -10.0. The molecular formula is C18H34O9S3. The van der Waals surface area contributed by atoms with Crippen LogP contribution in [0.2, 0.25) is 0 Å². The Morgan fingerprint density at radius 1 is 0.600 bits per heavy atom. The Hall–Kier alpha value is -1.05. The Bertz CT molecular complexity index is 876. The summed E-state index contributed by atoms with van der Waals surface area (Å²) in [4.78, 5) is 0.205.